The van der Waals surface area contributed by atoms with Crippen molar-refractivity contribution in [3.63, 3.8) is 0 Å². The molecule has 0 radical (unpaired) electrons. The Morgan fingerprint density at radius 2 is 1.68 bits per heavy atom. The summed E-state index contributed by atoms with van der Waals surface area (Å²) in [4.78, 5) is 23.9. The van der Waals surface area contributed by atoms with Crippen LogP contribution in [0.2, 0.25) is 0 Å². The summed E-state index contributed by atoms with van der Waals surface area (Å²) in [6.07, 6.45) is -0.721. The minimum absolute atomic E-state index is 0.310. The number of nitrogens with one attached hydrogen (secondary N) is 1. The predicted octanol–water partition coefficient (Wildman–Crippen LogP) is 3.28. The molecule has 0 heterocycles. The van der Waals surface area contributed by atoms with Gasteiger partial charge in [-0.05, 0) is 50.2 Å². The summed E-state index contributed by atoms with van der Waals surface area (Å²) in [5.41, 5.74) is 0.992. The highest BCUT2D eigenvalue weighted by atomic mass is 16.5. The van der Waals surface area contributed by atoms with Crippen molar-refractivity contribution >= 4 is 17.6 Å². The molecule has 0 aliphatic carbocycles. The van der Waals surface area contributed by atoms with Crippen LogP contribution >= 0.6 is 0 Å². The zero-order valence-electron chi connectivity index (χ0n) is 14.4. The van der Waals surface area contributed by atoms with Crippen LogP contribution in [0.4, 0.5) is 5.69 Å². The molecular formula is C19H21NO5. The van der Waals surface area contributed by atoms with Crippen LogP contribution in [0, 0.1) is 0 Å². The summed E-state index contributed by atoms with van der Waals surface area (Å²) < 4.78 is 15.8. The third kappa shape index (κ3) is 4.97. The van der Waals surface area contributed by atoms with Gasteiger partial charge in [0.05, 0.1) is 19.3 Å². The number of hydrogen-bond donors (Lipinski definition) is 1. The number of carbonyl (C=O) groups is 2. The molecule has 2 aromatic rings. The molecule has 0 saturated heterocycles. The first-order chi connectivity index (χ1) is 12.0. The lowest BCUT2D eigenvalue weighted by Crippen LogP contribution is -2.30. The van der Waals surface area contributed by atoms with E-state index in [9.17, 15) is 9.59 Å². The average molecular weight is 343 g/mol. The summed E-state index contributed by atoms with van der Waals surface area (Å²) in [6, 6.07) is 13.6. The fraction of sp³-hybridized carbons (Fsp3) is 0.263. The van der Waals surface area contributed by atoms with Gasteiger partial charge in [0.1, 0.15) is 0 Å². The summed E-state index contributed by atoms with van der Waals surface area (Å²) >= 11 is 0. The van der Waals surface area contributed by atoms with Crippen molar-refractivity contribution < 1.29 is 23.8 Å². The number of ether oxygens (including phenoxy) is 3. The third-order valence-electron chi connectivity index (χ3n) is 3.41. The van der Waals surface area contributed by atoms with E-state index < -0.39 is 12.1 Å². The fourth-order valence-electron chi connectivity index (χ4n) is 2.11. The van der Waals surface area contributed by atoms with Crippen molar-refractivity contribution in [3.8, 4) is 11.5 Å². The second kappa shape index (κ2) is 8.73. The lowest BCUT2D eigenvalue weighted by Gasteiger charge is -2.16. The maximum Gasteiger partial charge on any atom is 0.338 e. The zero-order chi connectivity index (χ0) is 18.2. The largest absolute Gasteiger partial charge is 0.493 e. The normalized spacial score (nSPS) is 11.3. The summed E-state index contributed by atoms with van der Waals surface area (Å²) in [7, 11) is 1.54. The van der Waals surface area contributed by atoms with Gasteiger partial charge < -0.3 is 19.5 Å². The van der Waals surface area contributed by atoms with Crippen molar-refractivity contribution in [3.05, 3.63) is 54.1 Å². The van der Waals surface area contributed by atoms with Gasteiger partial charge in [0.25, 0.3) is 5.91 Å². The van der Waals surface area contributed by atoms with Crippen LogP contribution in [0.1, 0.15) is 24.2 Å². The molecule has 0 saturated carbocycles. The van der Waals surface area contributed by atoms with Crippen LogP contribution in [-0.2, 0) is 9.53 Å². The fourth-order valence-corrected chi connectivity index (χ4v) is 2.11. The van der Waals surface area contributed by atoms with Crippen LogP contribution in [-0.4, -0.2) is 31.7 Å². The summed E-state index contributed by atoms with van der Waals surface area (Å²) in [5, 5.41) is 2.74. The number of carbonyl (C=O) groups excluding carboxylic acids is 2. The van der Waals surface area contributed by atoms with E-state index in [2.05, 4.69) is 5.32 Å². The van der Waals surface area contributed by atoms with E-state index in [0.29, 0.717) is 29.4 Å². The van der Waals surface area contributed by atoms with E-state index in [1.807, 2.05) is 6.07 Å². The molecule has 0 spiro atoms. The molecule has 1 amide bonds. The molecule has 0 aliphatic heterocycles. The van der Waals surface area contributed by atoms with E-state index in [1.165, 1.54) is 7.11 Å². The molecule has 2 aromatic carbocycles. The van der Waals surface area contributed by atoms with E-state index >= 15 is 0 Å². The number of anilines is 1. The lowest BCUT2D eigenvalue weighted by molar-refractivity contribution is -0.122. The first kappa shape index (κ1) is 18.3. The second-order valence-electron chi connectivity index (χ2n) is 5.20. The van der Waals surface area contributed by atoms with Crippen molar-refractivity contribution in [1.29, 1.82) is 0 Å². The zero-order valence-corrected chi connectivity index (χ0v) is 14.4. The Labute approximate surface area is 146 Å². The Morgan fingerprint density at radius 1 is 1.04 bits per heavy atom. The van der Waals surface area contributed by atoms with Gasteiger partial charge in [-0.1, -0.05) is 12.1 Å². The van der Waals surface area contributed by atoms with Crippen LogP contribution in [0.5, 0.6) is 11.5 Å². The van der Waals surface area contributed by atoms with E-state index in [-0.39, 0.29) is 5.91 Å². The number of esters is 1. The van der Waals surface area contributed by atoms with Crippen molar-refractivity contribution in [2.24, 2.45) is 0 Å². The number of benzene rings is 2. The van der Waals surface area contributed by atoms with Gasteiger partial charge in [-0.3, -0.25) is 4.79 Å². The second-order valence-corrected chi connectivity index (χ2v) is 5.20. The summed E-state index contributed by atoms with van der Waals surface area (Å²) in [6.45, 7) is 3.71. The molecule has 25 heavy (non-hydrogen) atoms. The minimum Gasteiger partial charge on any atom is -0.493 e. The Morgan fingerprint density at radius 3 is 2.28 bits per heavy atom. The van der Waals surface area contributed by atoms with Crippen LogP contribution in [0.15, 0.2) is 48.5 Å². The molecule has 0 fully saturated rings. The average Bonchev–Trinajstić information content (AvgIpc) is 2.63. The van der Waals surface area contributed by atoms with Gasteiger partial charge in [-0.25, -0.2) is 4.79 Å². The SMILES string of the molecule is CCOC(=O)c1ccc(NC(=O)C(C)Oc2ccccc2OC)cc1. The molecule has 0 aromatic heterocycles. The molecule has 2 rings (SSSR count). The number of para-hydroxylation sites is 2. The topological polar surface area (TPSA) is 73.9 Å². The minimum atomic E-state index is -0.721. The molecule has 1 unspecified atom stereocenters. The molecule has 6 heteroatoms. The van der Waals surface area contributed by atoms with Gasteiger partial charge in [0, 0.05) is 5.69 Å². The van der Waals surface area contributed by atoms with E-state index in [4.69, 9.17) is 14.2 Å². The monoisotopic (exact) mass is 343 g/mol. The Hall–Kier alpha value is -3.02. The van der Waals surface area contributed by atoms with Crippen LogP contribution < -0.4 is 14.8 Å². The number of amides is 1. The van der Waals surface area contributed by atoms with Gasteiger partial charge in [-0.15, -0.1) is 0 Å². The Bertz CT molecular complexity index is 727. The van der Waals surface area contributed by atoms with Gasteiger partial charge >= 0.3 is 5.97 Å². The molecule has 1 N–H and O–H groups in total. The van der Waals surface area contributed by atoms with Crippen molar-refractivity contribution in [2.45, 2.75) is 20.0 Å². The number of hydrogen-bond acceptors (Lipinski definition) is 5. The first-order valence-corrected chi connectivity index (χ1v) is 7.93. The van der Waals surface area contributed by atoms with Gasteiger partial charge in [-0.2, -0.15) is 0 Å². The smallest absolute Gasteiger partial charge is 0.338 e. The highest BCUT2D eigenvalue weighted by Gasteiger charge is 2.17. The molecule has 0 aliphatic rings. The lowest BCUT2D eigenvalue weighted by atomic mass is 10.2. The van der Waals surface area contributed by atoms with Gasteiger partial charge in [0.2, 0.25) is 0 Å². The number of rotatable bonds is 7. The van der Waals surface area contributed by atoms with Crippen LogP contribution in [0.25, 0.3) is 0 Å². The molecule has 6 nitrogen and oxygen atoms in total. The van der Waals surface area contributed by atoms with Crippen molar-refractivity contribution in [1.82, 2.24) is 0 Å². The maximum atomic E-state index is 12.3. The highest BCUT2D eigenvalue weighted by Crippen LogP contribution is 2.27. The van der Waals surface area contributed by atoms with E-state index in [0.717, 1.165) is 0 Å². The predicted molar refractivity (Wildman–Crippen MR) is 94.1 cm³/mol. The highest BCUT2D eigenvalue weighted by molar-refractivity contribution is 5.95. The molecular weight excluding hydrogens is 322 g/mol. The Balaban J connectivity index is 1.98. The van der Waals surface area contributed by atoms with E-state index in [1.54, 1.807) is 56.3 Å². The number of methoxy groups -OCH3 is 1. The molecule has 132 valence electrons. The molecule has 0 bridgehead atoms. The Kier molecular flexibility index (Phi) is 6.39. The standard InChI is InChI=1S/C19H21NO5/c1-4-24-19(22)14-9-11-15(12-10-14)20-18(21)13(2)25-17-8-6-5-7-16(17)23-3/h5-13H,4H2,1-3H3,(H,20,21). The third-order valence-corrected chi connectivity index (χ3v) is 3.41. The summed E-state index contributed by atoms with van der Waals surface area (Å²) in [5.74, 6) is 0.342. The van der Waals surface area contributed by atoms with Crippen molar-refractivity contribution in [2.75, 3.05) is 19.0 Å². The maximum absolute atomic E-state index is 12.3. The first-order valence-electron chi connectivity index (χ1n) is 7.93. The molecule has 1 atom stereocenters. The van der Waals surface area contributed by atoms with Gasteiger partial charge in [0.15, 0.2) is 17.6 Å². The van der Waals surface area contributed by atoms with Crippen LogP contribution in [0.3, 0.4) is 0 Å². The quantitative estimate of drug-likeness (QED) is 0.781.